The molecule has 1 unspecified atom stereocenters. The Morgan fingerprint density at radius 1 is 1.40 bits per heavy atom. The molecule has 1 heterocycles. The molecule has 0 aliphatic carbocycles. The third-order valence-electron chi connectivity index (χ3n) is 3.97. The predicted octanol–water partition coefficient (Wildman–Crippen LogP) is 1.51. The van der Waals surface area contributed by atoms with Gasteiger partial charge in [0.1, 0.15) is 0 Å². The highest BCUT2D eigenvalue weighted by Crippen LogP contribution is 2.34. The van der Waals surface area contributed by atoms with E-state index in [-0.39, 0.29) is 11.3 Å². The summed E-state index contributed by atoms with van der Waals surface area (Å²) in [5.74, 6) is 1.03. The molecule has 0 saturated carbocycles. The van der Waals surface area contributed by atoms with Gasteiger partial charge in [0.15, 0.2) is 11.5 Å². The van der Waals surface area contributed by atoms with E-state index in [1.54, 1.807) is 32.4 Å². The van der Waals surface area contributed by atoms with E-state index in [2.05, 4.69) is 6.92 Å². The van der Waals surface area contributed by atoms with E-state index in [1.165, 1.54) is 0 Å². The highest BCUT2D eigenvalue weighted by atomic mass is 16.5. The predicted molar refractivity (Wildman–Crippen MR) is 77.2 cm³/mol. The Balaban J connectivity index is 2.26. The minimum atomic E-state index is -0.0297. The van der Waals surface area contributed by atoms with E-state index in [4.69, 9.17) is 15.2 Å². The Kier molecular flexibility index (Phi) is 4.18. The van der Waals surface area contributed by atoms with Crippen LogP contribution >= 0.6 is 0 Å². The van der Waals surface area contributed by atoms with Crippen LogP contribution in [0, 0.1) is 5.41 Å². The van der Waals surface area contributed by atoms with Gasteiger partial charge in [0.2, 0.25) is 0 Å². The van der Waals surface area contributed by atoms with Gasteiger partial charge < -0.3 is 20.1 Å². The molecule has 0 aromatic heterocycles. The van der Waals surface area contributed by atoms with Crippen LogP contribution in [0.1, 0.15) is 23.7 Å². The number of rotatable bonds is 4. The number of carbonyl (C=O) groups excluding carboxylic acids is 1. The Morgan fingerprint density at radius 2 is 2.15 bits per heavy atom. The van der Waals surface area contributed by atoms with Crippen molar-refractivity contribution in [2.24, 2.45) is 11.1 Å². The van der Waals surface area contributed by atoms with Gasteiger partial charge in [0.05, 0.1) is 19.8 Å². The van der Waals surface area contributed by atoms with Gasteiger partial charge in [-0.3, -0.25) is 4.79 Å². The summed E-state index contributed by atoms with van der Waals surface area (Å²) in [6.07, 6.45) is 0.932. The highest BCUT2D eigenvalue weighted by molar-refractivity contribution is 5.98. The minimum absolute atomic E-state index is 0.0156. The van der Waals surface area contributed by atoms with Crippen molar-refractivity contribution < 1.29 is 14.3 Å². The zero-order chi connectivity index (χ0) is 14.8. The van der Waals surface area contributed by atoms with Crippen molar-refractivity contribution in [3.05, 3.63) is 23.8 Å². The number of likely N-dealkylation sites (tertiary alicyclic amines) is 1. The average molecular weight is 278 g/mol. The average Bonchev–Trinajstić information content (AvgIpc) is 2.88. The zero-order valence-corrected chi connectivity index (χ0v) is 12.3. The molecule has 20 heavy (non-hydrogen) atoms. The third kappa shape index (κ3) is 2.58. The van der Waals surface area contributed by atoms with Crippen LogP contribution in [0.5, 0.6) is 11.5 Å². The summed E-state index contributed by atoms with van der Waals surface area (Å²) in [5.41, 5.74) is 6.34. The maximum Gasteiger partial charge on any atom is 0.257 e. The molecule has 2 rings (SSSR count). The molecule has 110 valence electrons. The molecule has 1 saturated heterocycles. The quantitative estimate of drug-likeness (QED) is 0.907. The fraction of sp³-hybridized carbons (Fsp3) is 0.533. The second-order valence-corrected chi connectivity index (χ2v) is 5.53. The summed E-state index contributed by atoms with van der Waals surface area (Å²) < 4.78 is 10.6. The fourth-order valence-electron chi connectivity index (χ4n) is 2.59. The number of benzene rings is 1. The van der Waals surface area contributed by atoms with Gasteiger partial charge in [-0.25, -0.2) is 0 Å². The Morgan fingerprint density at radius 3 is 2.70 bits per heavy atom. The van der Waals surface area contributed by atoms with Gasteiger partial charge in [-0.2, -0.15) is 0 Å². The van der Waals surface area contributed by atoms with Gasteiger partial charge in [-0.15, -0.1) is 0 Å². The fourth-order valence-corrected chi connectivity index (χ4v) is 2.59. The zero-order valence-electron chi connectivity index (χ0n) is 12.3. The first kappa shape index (κ1) is 14.7. The molecule has 5 nitrogen and oxygen atoms in total. The number of hydrogen-bond acceptors (Lipinski definition) is 4. The van der Waals surface area contributed by atoms with E-state index in [0.29, 0.717) is 30.2 Å². The van der Waals surface area contributed by atoms with Crippen LogP contribution in [0.2, 0.25) is 0 Å². The van der Waals surface area contributed by atoms with Crippen molar-refractivity contribution in [2.45, 2.75) is 13.3 Å². The molecule has 1 aliphatic heterocycles. The van der Waals surface area contributed by atoms with Crippen LogP contribution in [0.15, 0.2) is 18.2 Å². The van der Waals surface area contributed by atoms with Crippen molar-refractivity contribution in [1.82, 2.24) is 4.90 Å². The molecule has 1 aromatic carbocycles. The number of ether oxygens (including phenoxy) is 2. The standard InChI is InChI=1S/C15H22N2O3/c1-15(9-16)7-8-17(10-15)14(18)11-5-4-6-12(19-2)13(11)20-3/h4-6H,7-10,16H2,1-3H3. The van der Waals surface area contributed by atoms with Crippen LogP contribution in [0.25, 0.3) is 0 Å². The van der Waals surface area contributed by atoms with E-state index in [9.17, 15) is 4.79 Å². The number of carbonyl (C=O) groups is 1. The lowest BCUT2D eigenvalue weighted by molar-refractivity contribution is 0.0773. The first-order chi connectivity index (χ1) is 9.54. The normalized spacial score (nSPS) is 21.9. The van der Waals surface area contributed by atoms with Crippen molar-refractivity contribution >= 4 is 5.91 Å². The number of nitrogens with two attached hydrogens (primary N) is 1. The largest absolute Gasteiger partial charge is 0.493 e. The van der Waals surface area contributed by atoms with Crippen molar-refractivity contribution in [1.29, 1.82) is 0 Å². The summed E-state index contributed by atoms with van der Waals surface area (Å²) in [4.78, 5) is 14.5. The Hall–Kier alpha value is -1.75. The van der Waals surface area contributed by atoms with E-state index in [1.807, 2.05) is 4.90 Å². The smallest absolute Gasteiger partial charge is 0.257 e. The lowest BCUT2D eigenvalue weighted by Gasteiger charge is -2.23. The molecular weight excluding hydrogens is 256 g/mol. The molecule has 1 aromatic rings. The topological polar surface area (TPSA) is 64.8 Å². The SMILES string of the molecule is COc1cccc(C(=O)N2CCC(C)(CN)C2)c1OC. The van der Waals surface area contributed by atoms with Crippen LogP contribution < -0.4 is 15.2 Å². The summed E-state index contributed by atoms with van der Waals surface area (Å²) in [7, 11) is 3.11. The molecule has 1 fully saturated rings. The summed E-state index contributed by atoms with van der Waals surface area (Å²) in [6, 6.07) is 5.35. The molecule has 1 atom stereocenters. The Labute approximate surface area is 119 Å². The molecule has 0 spiro atoms. The number of hydrogen-bond donors (Lipinski definition) is 1. The van der Waals surface area contributed by atoms with Crippen molar-refractivity contribution in [3.63, 3.8) is 0 Å². The summed E-state index contributed by atoms with van der Waals surface area (Å²) >= 11 is 0. The van der Waals surface area contributed by atoms with Gasteiger partial charge in [0, 0.05) is 13.1 Å². The molecule has 5 heteroatoms. The molecule has 1 aliphatic rings. The molecular formula is C15H22N2O3. The van der Waals surface area contributed by atoms with E-state index in [0.717, 1.165) is 13.0 Å². The van der Waals surface area contributed by atoms with Gasteiger partial charge in [0.25, 0.3) is 5.91 Å². The first-order valence-electron chi connectivity index (χ1n) is 6.75. The number of methoxy groups -OCH3 is 2. The van der Waals surface area contributed by atoms with Crippen LogP contribution in [-0.2, 0) is 0 Å². The van der Waals surface area contributed by atoms with Gasteiger partial charge in [-0.05, 0) is 30.5 Å². The van der Waals surface area contributed by atoms with Crippen molar-refractivity contribution in [3.8, 4) is 11.5 Å². The molecule has 1 amide bonds. The first-order valence-corrected chi connectivity index (χ1v) is 6.75. The van der Waals surface area contributed by atoms with E-state index < -0.39 is 0 Å². The van der Waals surface area contributed by atoms with Crippen molar-refractivity contribution in [2.75, 3.05) is 33.9 Å². The van der Waals surface area contributed by atoms with Gasteiger partial charge >= 0.3 is 0 Å². The van der Waals surface area contributed by atoms with Crippen LogP contribution in [-0.4, -0.2) is 44.7 Å². The monoisotopic (exact) mass is 278 g/mol. The number of nitrogens with zero attached hydrogens (tertiary/aromatic N) is 1. The highest BCUT2D eigenvalue weighted by Gasteiger charge is 2.36. The second kappa shape index (κ2) is 5.71. The van der Waals surface area contributed by atoms with Gasteiger partial charge in [-0.1, -0.05) is 13.0 Å². The number of para-hydroxylation sites is 1. The maximum absolute atomic E-state index is 12.6. The van der Waals surface area contributed by atoms with E-state index >= 15 is 0 Å². The molecule has 0 bridgehead atoms. The lowest BCUT2D eigenvalue weighted by atomic mass is 9.90. The Bertz CT molecular complexity index is 504. The van der Waals surface area contributed by atoms with Crippen LogP contribution in [0.4, 0.5) is 0 Å². The third-order valence-corrected chi connectivity index (χ3v) is 3.97. The maximum atomic E-state index is 12.6. The minimum Gasteiger partial charge on any atom is -0.493 e. The number of amides is 1. The molecule has 0 radical (unpaired) electrons. The molecule has 2 N–H and O–H groups in total. The lowest BCUT2D eigenvalue weighted by Crippen LogP contribution is -2.34. The summed E-state index contributed by atoms with van der Waals surface area (Å²) in [6.45, 7) is 4.12. The summed E-state index contributed by atoms with van der Waals surface area (Å²) in [5, 5.41) is 0. The second-order valence-electron chi connectivity index (χ2n) is 5.53. The van der Waals surface area contributed by atoms with Crippen LogP contribution in [0.3, 0.4) is 0 Å².